The standard InChI is InChI=1S/C17H16FNO3/c1-11(12-6-8-13(18)9-7-12)19-17(20)16-10-21-14-4-2-3-5-15(14)22-16/h2-9,11,16H,10H2,1H3,(H,19,20)/t11-,16-/m0/s1. The van der Waals surface area contributed by atoms with Crippen molar-refractivity contribution in [3.63, 3.8) is 0 Å². The first-order valence-electron chi connectivity index (χ1n) is 7.08. The molecule has 0 aliphatic carbocycles. The van der Waals surface area contributed by atoms with E-state index in [0.29, 0.717) is 11.5 Å². The molecule has 2 aromatic rings. The minimum Gasteiger partial charge on any atom is -0.485 e. The summed E-state index contributed by atoms with van der Waals surface area (Å²) in [6.45, 7) is 2.00. The molecule has 2 atom stereocenters. The second-order valence-electron chi connectivity index (χ2n) is 5.15. The molecule has 0 bridgehead atoms. The van der Waals surface area contributed by atoms with Crippen LogP contribution in [0.3, 0.4) is 0 Å². The summed E-state index contributed by atoms with van der Waals surface area (Å²) in [4.78, 5) is 12.3. The SMILES string of the molecule is C[C@H](NC(=O)[C@@H]1COc2ccccc2O1)c1ccc(F)cc1. The number of hydrogen-bond acceptors (Lipinski definition) is 3. The molecule has 3 rings (SSSR count). The van der Waals surface area contributed by atoms with E-state index in [-0.39, 0.29) is 24.4 Å². The number of para-hydroxylation sites is 2. The lowest BCUT2D eigenvalue weighted by Gasteiger charge is -2.26. The number of halogens is 1. The Labute approximate surface area is 127 Å². The normalized spacial score (nSPS) is 17.6. The number of hydrogen-bond donors (Lipinski definition) is 1. The van der Waals surface area contributed by atoms with Gasteiger partial charge in [0.05, 0.1) is 6.04 Å². The molecule has 1 heterocycles. The summed E-state index contributed by atoms with van der Waals surface area (Å²) in [5, 5.41) is 2.85. The zero-order valence-corrected chi connectivity index (χ0v) is 12.1. The van der Waals surface area contributed by atoms with Crippen LogP contribution in [0.25, 0.3) is 0 Å². The van der Waals surface area contributed by atoms with E-state index in [9.17, 15) is 9.18 Å². The van der Waals surface area contributed by atoms with Crippen molar-refractivity contribution in [1.82, 2.24) is 5.32 Å². The Morgan fingerprint density at radius 3 is 2.59 bits per heavy atom. The number of nitrogens with one attached hydrogen (secondary N) is 1. The zero-order valence-electron chi connectivity index (χ0n) is 12.1. The van der Waals surface area contributed by atoms with Crippen LogP contribution in [0.15, 0.2) is 48.5 Å². The molecule has 0 radical (unpaired) electrons. The Morgan fingerprint density at radius 1 is 1.18 bits per heavy atom. The second-order valence-corrected chi connectivity index (χ2v) is 5.15. The Kier molecular flexibility index (Phi) is 3.96. The van der Waals surface area contributed by atoms with Gasteiger partial charge in [-0.15, -0.1) is 0 Å². The molecular weight excluding hydrogens is 285 g/mol. The molecule has 1 N–H and O–H groups in total. The summed E-state index contributed by atoms with van der Waals surface area (Å²) in [5.41, 5.74) is 0.826. The van der Waals surface area contributed by atoms with Gasteiger partial charge in [0.25, 0.3) is 5.91 Å². The second kappa shape index (κ2) is 6.05. The molecule has 0 fully saturated rings. The van der Waals surface area contributed by atoms with Crippen molar-refractivity contribution in [2.75, 3.05) is 6.61 Å². The Bertz CT molecular complexity index is 672. The topological polar surface area (TPSA) is 47.6 Å². The van der Waals surface area contributed by atoms with Crippen LogP contribution in [0.2, 0.25) is 0 Å². The lowest BCUT2D eigenvalue weighted by atomic mass is 10.1. The summed E-state index contributed by atoms with van der Waals surface area (Å²) in [6, 6.07) is 13.0. The number of benzene rings is 2. The van der Waals surface area contributed by atoms with Gasteiger partial charge in [-0.05, 0) is 36.8 Å². The summed E-state index contributed by atoms with van der Waals surface area (Å²) in [7, 11) is 0. The van der Waals surface area contributed by atoms with Crippen LogP contribution in [0, 0.1) is 5.82 Å². The van der Waals surface area contributed by atoms with E-state index in [0.717, 1.165) is 5.56 Å². The first kappa shape index (κ1) is 14.4. The predicted molar refractivity (Wildman–Crippen MR) is 79.3 cm³/mol. The zero-order chi connectivity index (χ0) is 15.5. The number of rotatable bonds is 3. The fraction of sp³-hybridized carbons (Fsp3) is 0.235. The third-order valence-electron chi connectivity index (χ3n) is 3.53. The van der Waals surface area contributed by atoms with Crippen LogP contribution in [-0.4, -0.2) is 18.6 Å². The Morgan fingerprint density at radius 2 is 1.86 bits per heavy atom. The number of ether oxygens (including phenoxy) is 2. The van der Waals surface area contributed by atoms with Crippen molar-refractivity contribution in [3.8, 4) is 11.5 Å². The van der Waals surface area contributed by atoms with E-state index in [2.05, 4.69) is 5.32 Å². The molecule has 2 aromatic carbocycles. The summed E-state index contributed by atoms with van der Waals surface area (Å²) >= 11 is 0. The monoisotopic (exact) mass is 301 g/mol. The Balaban J connectivity index is 1.64. The molecule has 0 spiro atoms. The van der Waals surface area contributed by atoms with Crippen molar-refractivity contribution < 1.29 is 18.7 Å². The van der Waals surface area contributed by atoms with Gasteiger partial charge in [-0.2, -0.15) is 0 Å². The largest absolute Gasteiger partial charge is 0.485 e. The number of fused-ring (bicyclic) bond motifs is 1. The van der Waals surface area contributed by atoms with Gasteiger partial charge in [-0.25, -0.2) is 4.39 Å². The molecule has 0 aromatic heterocycles. The fourth-order valence-electron chi connectivity index (χ4n) is 2.29. The van der Waals surface area contributed by atoms with Gasteiger partial charge in [-0.3, -0.25) is 4.79 Å². The maximum absolute atomic E-state index is 12.9. The average Bonchev–Trinajstić information content (AvgIpc) is 2.55. The first-order valence-corrected chi connectivity index (χ1v) is 7.08. The van der Waals surface area contributed by atoms with Crippen LogP contribution in [0.4, 0.5) is 4.39 Å². The van der Waals surface area contributed by atoms with Crippen LogP contribution >= 0.6 is 0 Å². The van der Waals surface area contributed by atoms with Gasteiger partial charge in [0, 0.05) is 0 Å². The molecule has 0 saturated heterocycles. The number of amides is 1. The highest BCUT2D eigenvalue weighted by molar-refractivity contribution is 5.82. The highest BCUT2D eigenvalue weighted by Gasteiger charge is 2.28. The highest BCUT2D eigenvalue weighted by Crippen LogP contribution is 2.31. The average molecular weight is 301 g/mol. The molecule has 1 amide bonds. The van der Waals surface area contributed by atoms with Gasteiger partial charge in [-0.1, -0.05) is 24.3 Å². The van der Waals surface area contributed by atoms with E-state index in [1.165, 1.54) is 12.1 Å². The minimum absolute atomic E-state index is 0.166. The molecule has 22 heavy (non-hydrogen) atoms. The van der Waals surface area contributed by atoms with Crippen molar-refractivity contribution >= 4 is 5.91 Å². The van der Waals surface area contributed by atoms with Gasteiger partial charge in [0.2, 0.25) is 6.10 Å². The van der Waals surface area contributed by atoms with E-state index in [1.807, 2.05) is 19.1 Å². The summed E-state index contributed by atoms with van der Waals surface area (Å²) < 4.78 is 24.1. The van der Waals surface area contributed by atoms with Gasteiger partial charge < -0.3 is 14.8 Å². The van der Waals surface area contributed by atoms with E-state index in [4.69, 9.17) is 9.47 Å². The van der Waals surface area contributed by atoms with Crippen LogP contribution in [0.5, 0.6) is 11.5 Å². The molecular formula is C17H16FNO3. The van der Waals surface area contributed by atoms with Crippen LogP contribution in [-0.2, 0) is 4.79 Å². The van der Waals surface area contributed by atoms with Gasteiger partial charge in [0.15, 0.2) is 11.5 Å². The quantitative estimate of drug-likeness (QED) is 0.948. The maximum Gasteiger partial charge on any atom is 0.265 e. The third-order valence-corrected chi connectivity index (χ3v) is 3.53. The summed E-state index contributed by atoms with van der Waals surface area (Å²) in [6.07, 6.45) is -0.696. The first-order chi connectivity index (χ1) is 10.6. The van der Waals surface area contributed by atoms with E-state index >= 15 is 0 Å². The molecule has 0 unspecified atom stereocenters. The summed E-state index contributed by atoms with van der Waals surface area (Å²) in [5.74, 6) is 0.635. The molecule has 4 nitrogen and oxygen atoms in total. The highest BCUT2D eigenvalue weighted by atomic mass is 19.1. The molecule has 1 aliphatic heterocycles. The Hall–Kier alpha value is -2.56. The van der Waals surface area contributed by atoms with E-state index in [1.54, 1.807) is 24.3 Å². The third kappa shape index (κ3) is 3.03. The van der Waals surface area contributed by atoms with Crippen LogP contribution in [0.1, 0.15) is 18.5 Å². The fourth-order valence-corrected chi connectivity index (χ4v) is 2.29. The van der Waals surface area contributed by atoms with Crippen molar-refractivity contribution in [2.45, 2.75) is 19.1 Å². The molecule has 5 heteroatoms. The lowest BCUT2D eigenvalue weighted by Crippen LogP contribution is -2.44. The predicted octanol–water partition coefficient (Wildman–Crippen LogP) is 2.84. The molecule has 1 aliphatic rings. The van der Waals surface area contributed by atoms with Crippen LogP contribution < -0.4 is 14.8 Å². The maximum atomic E-state index is 12.9. The van der Waals surface area contributed by atoms with Crippen molar-refractivity contribution in [3.05, 3.63) is 59.9 Å². The van der Waals surface area contributed by atoms with Crippen molar-refractivity contribution in [1.29, 1.82) is 0 Å². The van der Waals surface area contributed by atoms with Gasteiger partial charge in [0.1, 0.15) is 12.4 Å². The lowest BCUT2D eigenvalue weighted by molar-refractivity contribution is -0.131. The number of carbonyl (C=O) groups is 1. The van der Waals surface area contributed by atoms with Gasteiger partial charge >= 0.3 is 0 Å². The minimum atomic E-state index is -0.696. The van der Waals surface area contributed by atoms with Crippen molar-refractivity contribution in [2.24, 2.45) is 0 Å². The number of carbonyl (C=O) groups excluding carboxylic acids is 1. The smallest absolute Gasteiger partial charge is 0.265 e. The molecule has 0 saturated carbocycles. The van der Waals surface area contributed by atoms with E-state index < -0.39 is 6.10 Å². The molecule has 114 valence electrons.